The number of pyridine rings is 1. The molecule has 206 valence electrons. The SMILES string of the molecule is COc1ccc(Oc2cnn(-c3ccc(F)cc3)c(=O)c2Nc2ccc(C(=O)NCCc3ccccn3)cc2)cc1. The second-order valence-corrected chi connectivity index (χ2v) is 8.88. The predicted molar refractivity (Wildman–Crippen MR) is 153 cm³/mol. The Bertz CT molecular complexity index is 1670. The molecule has 0 saturated carbocycles. The van der Waals surface area contributed by atoms with Crippen molar-refractivity contribution in [3.63, 3.8) is 0 Å². The van der Waals surface area contributed by atoms with Crippen molar-refractivity contribution in [2.75, 3.05) is 19.0 Å². The van der Waals surface area contributed by atoms with Crippen LogP contribution in [0.25, 0.3) is 5.69 Å². The van der Waals surface area contributed by atoms with E-state index < -0.39 is 11.4 Å². The van der Waals surface area contributed by atoms with Crippen molar-refractivity contribution in [2.24, 2.45) is 0 Å². The van der Waals surface area contributed by atoms with Crippen LogP contribution in [0.4, 0.5) is 15.8 Å². The molecular weight excluding hydrogens is 525 g/mol. The van der Waals surface area contributed by atoms with Crippen LogP contribution in [-0.2, 0) is 6.42 Å². The average Bonchev–Trinajstić information content (AvgIpc) is 3.01. The lowest BCUT2D eigenvalue weighted by molar-refractivity contribution is 0.0954. The predicted octanol–water partition coefficient (Wildman–Crippen LogP) is 5.28. The Morgan fingerprint density at radius 2 is 1.66 bits per heavy atom. The molecule has 2 aromatic heterocycles. The average molecular weight is 552 g/mol. The highest BCUT2D eigenvalue weighted by molar-refractivity contribution is 5.94. The smallest absolute Gasteiger partial charge is 0.299 e. The lowest BCUT2D eigenvalue weighted by Crippen LogP contribution is -2.26. The number of carbonyl (C=O) groups excluding carboxylic acids is 1. The summed E-state index contributed by atoms with van der Waals surface area (Å²) in [4.78, 5) is 30.4. The summed E-state index contributed by atoms with van der Waals surface area (Å²) in [5, 5.41) is 10.2. The van der Waals surface area contributed by atoms with Gasteiger partial charge in [0.25, 0.3) is 11.5 Å². The number of carbonyl (C=O) groups is 1. The fourth-order valence-corrected chi connectivity index (χ4v) is 3.97. The Hall–Kier alpha value is -5.51. The van der Waals surface area contributed by atoms with Crippen LogP contribution in [0.15, 0.2) is 108 Å². The molecule has 10 heteroatoms. The molecule has 0 unspecified atom stereocenters. The van der Waals surface area contributed by atoms with E-state index in [0.29, 0.717) is 41.4 Å². The van der Waals surface area contributed by atoms with Crippen molar-refractivity contribution < 1.29 is 18.7 Å². The summed E-state index contributed by atoms with van der Waals surface area (Å²) in [5.41, 5.74) is 1.87. The monoisotopic (exact) mass is 551 g/mol. The third kappa shape index (κ3) is 6.74. The lowest BCUT2D eigenvalue weighted by Gasteiger charge is -2.15. The van der Waals surface area contributed by atoms with Gasteiger partial charge in [-0.2, -0.15) is 9.78 Å². The van der Waals surface area contributed by atoms with Crippen LogP contribution in [0.1, 0.15) is 16.1 Å². The molecule has 3 aromatic carbocycles. The lowest BCUT2D eigenvalue weighted by atomic mass is 10.2. The number of methoxy groups -OCH3 is 1. The number of rotatable bonds is 10. The summed E-state index contributed by atoms with van der Waals surface area (Å²) in [6.45, 7) is 0.446. The third-order valence-corrected chi connectivity index (χ3v) is 6.11. The molecule has 41 heavy (non-hydrogen) atoms. The van der Waals surface area contributed by atoms with Gasteiger partial charge < -0.3 is 20.1 Å². The van der Waals surface area contributed by atoms with Gasteiger partial charge in [0.15, 0.2) is 11.4 Å². The van der Waals surface area contributed by atoms with E-state index in [1.54, 1.807) is 61.8 Å². The minimum atomic E-state index is -0.515. The number of amides is 1. The van der Waals surface area contributed by atoms with E-state index in [-0.39, 0.29) is 17.3 Å². The van der Waals surface area contributed by atoms with Gasteiger partial charge in [-0.1, -0.05) is 6.07 Å². The summed E-state index contributed by atoms with van der Waals surface area (Å²) < 4.78 is 25.8. The second-order valence-electron chi connectivity index (χ2n) is 8.88. The molecule has 5 aromatic rings. The van der Waals surface area contributed by atoms with Gasteiger partial charge in [0.05, 0.1) is 19.0 Å². The topological polar surface area (TPSA) is 107 Å². The highest BCUT2D eigenvalue weighted by Crippen LogP contribution is 2.30. The zero-order chi connectivity index (χ0) is 28.6. The van der Waals surface area contributed by atoms with Crippen molar-refractivity contribution >= 4 is 17.3 Å². The van der Waals surface area contributed by atoms with Gasteiger partial charge in [-0.3, -0.25) is 14.6 Å². The van der Waals surface area contributed by atoms with Crippen LogP contribution >= 0.6 is 0 Å². The Balaban J connectivity index is 1.37. The first-order valence-corrected chi connectivity index (χ1v) is 12.8. The minimum Gasteiger partial charge on any atom is -0.497 e. The fourth-order valence-electron chi connectivity index (χ4n) is 3.97. The minimum absolute atomic E-state index is 0.104. The number of halogens is 1. The van der Waals surface area contributed by atoms with Crippen LogP contribution in [0, 0.1) is 5.82 Å². The number of nitrogens with one attached hydrogen (secondary N) is 2. The van der Waals surface area contributed by atoms with Crippen molar-refractivity contribution in [1.29, 1.82) is 0 Å². The molecule has 0 spiro atoms. The highest BCUT2D eigenvalue weighted by atomic mass is 19.1. The van der Waals surface area contributed by atoms with Gasteiger partial charge >= 0.3 is 0 Å². The maximum Gasteiger partial charge on any atom is 0.299 e. The van der Waals surface area contributed by atoms with Gasteiger partial charge in [-0.15, -0.1) is 0 Å². The molecule has 0 atom stereocenters. The van der Waals surface area contributed by atoms with E-state index in [9.17, 15) is 14.0 Å². The largest absolute Gasteiger partial charge is 0.497 e. The normalized spacial score (nSPS) is 10.6. The number of hydrogen-bond donors (Lipinski definition) is 2. The van der Waals surface area contributed by atoms with E-state index in [1.165, 1.54) is 30.5 Å². The Morgan fingerprint density at radius 1 is 0.927 bits per heavy atom. The quantitative estimate of drug-likeness (QED) is 0.243. The van der Waals surface area contributed by atoms with Crippen LogP contribution in [0.5, 0.6) is 17.2 Å². The van der Waals surface area contributed by atoms with Gasteiger partial charge in [0, 0.05) is 36.1 Å². The molecule has 0 bridgehead atoms. The summed E-state index contributed by atoms with van der Waals surface area (Å²) >= 11 is 0. The van der Waals surface area contributed by atoms with Gasteiger partial charge in [-0.05, 0) is 84.9 Å². The molecule has 1 amide bonds. The number of hydrogen-bond acceptors (Lipinski definition) is 7. The molecule has 0 fully saturated rings. The second kappa shape index (κ2) is 12.6. The number of benzene rings is 3. The first-order valence-electron chi connectivity index (χ1n) is 12.8. The summed E-state index contributed by atoms with van der Waals surface area (Å²) in [5.74, 6) is 0.641. The number of ether oxygens (including phenoxy) is 2. The van der Waals surface area contributed by atoms with Gasteiger partial charge in [0.1, 0.15) is 17.3 Å². The molecule has 5 rings (SSSR count). The van der Waals surface area contributed by atoms with Crippen molar-refractivity contribution in [3.05, 3.63) is 131 Å². The molecule has 2 heterocycles. The number of anilines is 2. The van der Waals surface area contributed by atoms with Crippen LogP contribution in [0.2, 0.25) is 0 Å². The summed E-state index contributed by atoms with van der Waals surface area (Å²) in [6, 6.07) is 24.6. The van der Waals surface area contributed by atoms with Crippen molar-refractivity contribution in [3.8, 4) is 22.9 Å². The van der Waals surface area contributed by atoms with Crippen LogP contribution < -0.4 is 25.7 Å². The molecule has 0 aliphatic rings. The van der Waals surface area contributed by atoms with E-state index in [1.807, 2.05) is 18.2 Å². The van der Waals surface area contributed by atoms with E-state index in [4.69, 9.17) is 9.47 Å². The molecule has 9 nitrogen and oxygen atoms in total. The van der Waals surface area contributed by atoms with Crippen molar-refractivity contribution in [2.45, 2.75) is 6.42 Å². The first-order chi connectivity index (χ1) is 20.0. The van der Waals surface area contributed by atoms with E-state index >= 15 is 0 Å². The van der Waals surface area contributed by atoms with Gasteiger partial charge in [-0.25, -0.2) is 4.39 Å². The number of aromatic nitrogens is 3. The summed E-state index contributed by atoms with van der Waals surface area (Å²) in [6.07, 6.45) is 3.74. The Morgan fingerprint density at radius 3 is 2.34 bits per heavy atom. The van der Waals surface area contributed by atoms with Crippen LogP contribution in [0.3, 0.4) is 0 Å². The molecular formula is C31H26FN5O4. The molecule has 0 radical (unpaired) electrons. The third-order valence-electron chi connectivity index (χ3n) is 6.11. The molecule has 0 aliphatic heterocycles. The highest BCUT2D eigenvalue weighted by Gasteiger charge is 2.16. The zero-order valence-electron chi connectivity index (χ0n) is 22.1. The number of nitrogens with zero attached hydrogens (tertiary/aromatic N) is 3. The van der Waals surface area contributed by atoms with E-state index in [0.717, 1.165) is 10.4 Å². The summed E-state index contributed by atoms with van der Waals surface area (Å²) in [7, 11) is 1.56. The first kappa shape index (κ1) is 27.1. The Kier molecular flexibility index (Phi) is 8.30. The van der Waals surface area contributed by atoms with E-state index in [2.05, 4.69) is 20.7 Å². The standard InChI is InChI=1S/C31H26FN5O4/c1-40-26-13-15-27(16-14-26)41-28-20-35-37(25-11-7-22(32)8-12-25)31(39)29(28)36-24-9-5-21(6-10-24)30(38)34-19-17-23-4-2-3-18-33-23/h2-16,18,20,36H,17,19H2,1H3,(H,34,38). The van der Waals surface area contributed by atoms with Gasteiger partial charge in [0.2, 0.25) is 0 Å². The fraction of sp³-hybridized carbons (Fsp3) is 0.0968. The van der Waals surface area contributed by atoms with Crippen molar-refractivity contribution in [1.82, 2.24) is 20.1 Å². The maximum atomic E-state index is 13.6. The molecule has 0 saturated heterocycles. The van der Waals surface area contributed by atoms with Crippen LogP contribution in [-0.4, -0.2) is 34.3 Å². The maximum absolute atomic E-state index is 13.6. The molecule has 2 N–H and O–H groups in total. The Labute approximate surface area is 235 Å². The molecule has 0 aliphatic carbocycles. The zero-order valence-corrected chi connectivity index (χ0v) is 22.1.